The Morgan fingerprint density at radius 2 is 1.15 bits per heavy atom. The van der Waals surface area contributed by atoms with Crippen LogP contribution in [0.2, 0.25) is 0 Å². The van der Waals surface area contributed by atoms with Crippen molar-refractivity contribution in [2.75, 3.05) is 0 Å². The van der Waals surface area contributed by atoms with Crippen LogP contribution in [0.25, 0.3) is 39.5 Å². The highest BCUT2D eigenvalue weighted by molar-refractivity contribution is 5.72. The van der Waals surface area contributed by atoms with Crippen LogP contribution in [0, 0.1) is 34.9 Å². The van der Waals surface area contributed by atoms with Crippen molar-refractivity contribution in [1.29, 1.82) is 0 Å². The molecule has 0 saturated heterocycles. The number of hydrogen-bond donors (Lipinski definition) is 0. The molecule has 0 fully saturated rings. The highest BCUT2D eigenvalue weighted by Crippen LogP contribution is 2.33. The summed E-state index contributed by atoms with van der Waals surface area (Å²) in [5.41, 5.74) is 2.05. The first-order valence-electron chi connectivity index (χ1n) is 14.8. The zero-order valence-corrected chi connectivity index (χ0v) is 25.1. The summed E-state index contributed by atoms with van der Waals surface area (Å²) >= 11 is 0. The second kappa shape index (κ2) is 14.2. The molecule has 0 N–H and O–H groups in total. The topological polar surface area (TPSA) is 9.23 Å². The molecular weight excluding hydrogens is 624 g/mol. The minimum absolute atomic E-state index is 0.129. The molecule has 5 aromatic carbocycles. The van der Waals surface area contributed by atoms with Gasteiger partial charge in [0.1, 0.15) is 23.2 Å². The zero-order chi connectivity index (χ0) is 33.7. The van der Waals surface area contributed by atoms with Crippen LogP contribution >= 0.6 is 0 Å². The van der Waals surface area contributed by atoms with Crippen molar-refractivity contribution in [2.45, 2.75) is 38.7 Å². The molecule has 1 nitrogen and oxygen atoms in total. The lowest BCUT2D eigenvalue weighted by Crippen LogP contribution is -2.21. The van der Waals surface area contributed by atoms with Crippen molar-refractivity contribution in [3.63, 3.8) is 0 Å². The highest BCUT2D eigenvalue weighted by Gasteiger charge is 2.28. The molecule has 9 heteroatoms. The Labute approximate surface area is 266 Å². The van der Waals surface area contributed by atoms with Gasteiger partial charge in [-0.1, -0.05) is 68.3 Å². The number of alkyl halides is 2. The Hall–Kier alpha value is -4.92. The number of hydrogen-bond acceptors (Lipinski definition) is 1. The Balaban J connectivity index is 1.26. The molecule has 47 heavy (non-hydrogen) atoms. The average Bonchev–Trinajstić information content (AvgIpc) is 3.03. The van der Waals surface area contributed by atoms with Crippen LogP contribution in [-0.4, -0.2) is 6.11 Å². The molecule has 0 saturated carbocycles. The fourth-order valence-corrected chi connectivity index (χ4v) is 5.08. The fourth-order valence-electron chi connectivity index (χ4n) is 5.08. The van der Waals surface area contributed by atoms with Gasteiger partial charge in [0.25, 0.3) is 0 Å². The van der Waals surface area contributed by atoms with Crippen molar-refractivity contribution in [1.82, 2.24) is 0 Å². The number of ether oxygens (including phenoxy) is 1. The molecule has 0 heterocycles. The molecule has 0 aliphatic carbocycles. The lowest BCUT2D eigenvalue weighted by atomic mass is 9.97. The van der Waals surface area contributed by atoms with E-state index < -0.39 is 46.8 Å². The third-order valence-corrected chi connectivity index (χ3v) is 7.58. The largest absolute Gasteiger partial charge is 0.429 e. The summed E-state index contributed by atoms with van der Waals surface area (Å²) in [4.78, 5) is 0. The Bertz CT molecular complexity index is 1890. The van der Waals surface area contributed by atoms with Gasteiger partial charge in [0.05, 0.1) is 0 Å². The minimum Gasteiger partial charge on any atom is -0.429 e. The van der Waals surface area contributed by atoms with E-state index in [0.29, 0.717) is 23.8 Å². The quantitative estimate of drug-likeness (QED) is 0.0784. The van der Waals surface area contributed by atoms with Crippen LogP contribution in [0.5, 0.6) is 5.75 Å². The van der Waals surface area contributed by atoms with Gasteiger partial charge < -0.3 is 4.74 Å². The van der Waals surface area contributed by atoms with Crippen LogP contribution in [0.4, 0.5) is 35.1 Å². The van der Waals surface area contributed by atoms with E-state index in [9.17, 15) is 30.7 Å². The molecule has 0 aliphatic rings. The Morgan fingerprint density at radius 3 is 1.79 bits per heavy atom. The molecule has 0 atom stereocenters. The van der Waals surface area contributed by atoms with Crippen LogP contribution < -0.4 is 4.74 Å². The van der Waals surface area contributed by atoms with Crippen LogP contribution in [0.15, 0.2) is 97.1 Å². The monoisotopic (exact) mass is 652 g/mol. The Morgan fingerprint density at radius 1 is 0.574 bits per heavy atom. The van der Waals surface area contributed by atoms with Gasteiger partial charge in [-0.25, -0.2) is 26.3 Å². The summed E-state index contributed by atoms with van der Waals surface area (Å²) in [5.74, 6) is -8.10. The van der Waals surface area contributed by atoms with Crippen molar-refractivity contribution >= 4 is 6.08 Å². The van der Waals surface area contributed by atoms with Gasteiger partial charge in [-0.3, -0.25) is 0 Å². The molecular formula is C38H28F8O. The smallest absolute Gasteiger partial charge is 0.419 e. The zero-order valence-electron chi connectivity index (χ0n) is 25.1. The van der Waals surface area contributed by atoms with E-state index in [0.717, 1.165) is 55.5 Å². The highest BCUT2D eigenvalue weighted by atomic mass is 19.3. The molecule has 0 aromatic heterocycles. The van der Waals surface area contributed by atoms with Crippen LogP contribution in [0.3, 0.4) is 0 Å². The van der Waals surface area contributed by atoms with Crippen LogP contribution in [-0.2, 0) is 6.42 Å². The molecule has 0 radical (unpaired) electrons. The van der Waals surface area contributed by atoms with Gasteiger partial charge in [-0.15, -0.1) is 0 Å². The molecule has 242 valence electrons. The van der Waals surface area contributed by atoms with Gasteiger partial charge >= 0.3 is 6.11 Å². The van der Waals surface area contributed by atoms with Crippen molar-refractivity contribution in [3.05, 3.63) is 143 Å². The number of unbranched alkanes of at least 4 members (excludes halogenated alkanes) is 2. The second-order valence-corrected chi connectivity index (χ2v) is 11.0. The summed E-state index contributed by atoms with van der Waals surface area (Å²) in [6.07, 6.45) is 1.37. The van der Waals surface area contributed by atoms with E-state index in [1.165, 1.54) is 29.8 Å². The molecule has 0 spiro atoms. The van der Waals surface area contributed by atoms with E-state index in [1.807, 2.05) is 24.3 Å². The third kappa shape index (κ3) is 8.09. The van der Waals surface area contributed by atoms with Crippen molar-refractivity contribution < 1.29 is 39.9 Å². The van der Waals surface area contributed by atoms with Gasteiger partial charge in [-0.2, -0.15) is 8.78 Å². The van der Waals surface area contributed by atoms with Crippen LogP contribution in [0.1, 0.15) is 37.3 Å². The van der Waals surface area contributed by atoms with E-state index in [4.69, 9.17) is 0 Å². The van der Waals surface area contributed by atoms with Gasteiger partial charge in [0.15, 0.2) is 17.5 Å². The van der Waals surface area contributed by atoms with Crippen molar-refractivity contribution in [3.8, 4) is 39.1 Å². The summed E-state index contributed by atoms with van der Waals surface area (Å²) in [6, 6.07) is 19.7. The normalized spacial score (nSPS) is 11.8. The first-order valence-corrected chi connectivity index (χ1v) is 14.8. The van der Waals surface area contributed by atoms with E-state index in [1.54, 1.807) is 6.07 Å². The summed E-state index contributed by atoms with van der Waals surface area (Å²) < 4.78 is 119. The summed E-state index contributed by atoms with van der Waals surface area (Å²) in [6.45, 7) is 2.14. The standard InChI is InChI=1S/C38H28F8O/c1-2-3-4-5-23-6-8-24(9-7-23)26-12-14-30(33(40)18-26)27-11-10-25(32(39)19-27)16-17-38(45,46)47-29-13-15-31(34(41)22-29)28-20-35(42)37(44)36(43)21-28/h6-22H,2-5H2,1H3/b17-16+. The number of halogens is 8. The first kappa shape index (κ1) is 33.4. The molecule has 0 amide bonds. The second-order valence-electron chi connectivity index (χ2n) is 11.0. The van der Waals surface area contributed by atoms with Gasteiger partial charge in [0, 0.05) is 28.8 Å². The number of benzene rings is 5. The van der Waals surface area contributed by atoms with E-state index in [2.05, 4.69) is 11.7 Å². The fraction of sp³-hybridized carbons (Fsp3) is 0.158. The van der Waals surface area contributed by atoms with Crippen molar-refractivity contribution in [2.24, 2.45) is 0 Å². The van der Waals surface area contributed by atoms with E-state index >= 15 is 4.39 Å². The van der Waals surface area contributed by atoms with Gasteiger partial charge in [-0.05, 0) is 83.1 Å². The average molecular weight is 653 g/mol. The maximum atomic E-state index is 15.1. The maximum Gasteiger partial charge on any atom is 0.419 e. The molecule has 5 rings (SSSR count). The molecule has 5 aromatic rings. The lowest BCUT2D eigenvalue weighted by Gasteiger charge is -2.15. The first-order chi connectivity index (χ1) is 22.4. The molecule has 0 bridgehead atoms. The molecule has 0 aliphatic heterocycles. The Kier molecular flexibility index (Phi) is 10.1. The predicted molar refractivity (Wildman–Crippen MR) is 167 cm³/mol. The SMILES string of the molecule is CCCCCc1ccc(-c2ccc(-c3ccc(/C=C/C(F)(F)Oc4ccc(-c5cc(F)c(F)c(F)c5)c(F)c4)c(F)c3)c(F)c2)cc1. The lowest BCUT2D eigenvalue weighted by molar-refractivity contribution is -0.131. The maximum absolute atomic E-state index is 15.1. The van der Waals surface area contributed by atoms with E-state index in [-0.39, 0.29) is 33.9 Å². The predicted octanol–water partition coefficient (Wildman–Crippen LogP) is 11.9. The third-order valence-electron chi connectivity index (χ3n) is 7.58. The molecule has 0 unspecified atom stereocenters. The summed E-state index contributed by atoms with van der Waals surface area (Å²) in [5, 5.41) is 0. The summed E-state index contributed by atoms with van der Waals surface area (Å²) in [7, 11) is 0. The van der Waals surface area contributed by atoms with Gasteiger partial charge in [0.2, 0.25) is 0 Å². The minimum atomic E-state index is -4.02. The number of aryl methyl sites for hydroxylation is 1. The number of rotatable bonds is 11.